The minimum absolute atomic E-state index is 0.308. The first-order valence-corrected chi connectivity index (χ1v) is 5.73. The molecule has 0 unspecified atom stereocenters. The van der Waals surface area contributed by atoms with Gasteiger partial charge in [-0.05, 0) is 32.7 Å². The molecule has 0 atom stereocenters. The Labute approximate surface area is 109 Å². The molecule has 0 fully saturated rings. The van der Waals surface area contributed by atoms with Crippen LogP contribution in [0, 0.1) is 0 Å². The summed E-state index contributed by atoms with van der Waals surface area (Å²) in [4.78, 5) is 22.1. The van der Waals surface area contributed by atoms with E-state index in [1.165, 1.54) is 24.4 Å². The molecule has 0 aliphatic carbocycles. The van der Waals surface area contributed by atoms with Gasteiger partial charge in [0.15, 0.2) is 0 Å². The summed E-state index contributed by atoms with van der Waals surface area (Å²) in [7, 11) is 2.56. The molecule has 0 saturated carbocycles. The molecular weight excluding hydrogens is 414 g/mol. The summed E-state index contributed by atoms with van der Waals surface area (Å²) in [5, 5.41) is 0. The molecule has 14 heavy (non-hydrogen) atoms. The van der Waals surface area contributed by atoms with Crippen molar-refractivity contribution in [3.8, 4) is 0 Å². The van der Waals surface area contributed by atoms with Gasteiger partial charge in [0, 0.05) is 0 Å². The smallest absolute Gasteiger partial charge is 0.344 e. The molecule has 78 valence electrons. The van der Waals surface area contributed by atoms with E-state index in [4.69, 9.17) is 0 Å². The predicted molar refractivity (Wildman–Crippen MR) is 68.2 cm³/mol. The molecule has 0 aromatic rings. The van der Waals surface area contributed by atoms with Crippen molar-refractivity contribution < 1.29 is 19.1 Å². The van der Waals surface area contributed by atoms with Crippen LogP contribution in [-0.2, 0) is 19.1 Å². The standard InChI is InChI=1S/C8H8I2O4/c1-13-7(11)5(4-9)3-6(10)8(12)14-2/h3-4H,1-2H3/b5-4+,6-3-. The fourth-order valence-electron chi connectivity index (χ4n) is 0.546. The second-order valence-corrected chi connectivity index (χ2v) is 3.82. The van der Waals surface area contributed by atoms with Gasteiger partial charge in [-0.3, -0.25) is 0 Å². The van der Waals surface area contributed by atoms with Gasteiger partial charge in [-0.25, -0.2) is 9.59 Å². The van der Waals surface area contributed by atoms with E-state index in [1.807, 2.05) is 22.6 Å². The van der Waals surface area contributed by atoms with Crippen LogP contribution in [0.25, 0.3) is 0 Å². The molecule has 6 heteroatoms. The zero-order valence-corrected chi connectivity index (χ0v) is 11.9. The molecule has 0 bridgehead atoms. The van der Waals surface area contributed by atoms with Crippen LogP contribution in [0.15, 0.2) is 19.3 Å². The van der Waals surface area contributed by atoms with E-state index in [0.29, 0.717) is 9.15 Å². The van der Waals surface area contributed by atoms with Crippen molar-refractivity contribution >= 4 is 57.1 Å². The molecular formula is C8H8I2O4. The van der Waals surface area contributed by atoms with Crippen molar-refractivity contribution in [3.63, 3.8) is 0 Å². The third-order valence-corrected chi connectivity index (χ3v) is 2.62. The fraction of sp³-hybridized carbons (Fsp3) is 0.250. The molecule has 0 aromatic carbocycles. The molecule has 0 N–H and O–H groups in total. The Hall–Kier alpha value is -0.120. The van der Waals surface area contributed by atoms with Crippen LogP contribution in [0.2, 0.25) is 0 Å². The Balaban J connectivity index is 4.77. The Bertz CT molecular complexity index is 294. The summed E-state index contributed by atoms with van der Waals surface area (Å²) in [6.45, 7) is 0. The van der Waals surface area contributed by atoms with Crippen LogP contribution in [0.4, 0.5) is 0 Å². The quantitative estimate of drug-likeness (QED) is 0.302. The summed E-state index contributed by atoms with van der Waals surface area (Å²) in [5.41, 5.74) is 0.308. The molecule has 0 saturated heterocycles. The molecule has 4 nitrogen and oxygen atoms in total. The highest BCUT2D eigenvalue weighted by Crippen LogP contribution is 2.14. The largest absolute Gasteiger partial charge is 0.465 e. The van der Waals surface area contributed by atoms with Crippen LogP contribution in [0.3, 0.4) is 0 Å². The number of ether oxygens (including phenoxy) is 2. The summed E-state index contributed by atoms with van der Waals surface area (Å²) in [5.74, 6) is -0.970. The molecule has 0 rings (SSSR count). The maximum atomic E-state index is 11.1. The first-order chi connectivity index (χ1) is 6.56. The van der Waals surface area contributed by atoms with Gasteiger partial charge in [-0.15, -0.1) is 0 Å². The van der Waals surface area contributed by atoms with Crippen molar-refractivity contribution in [1.82, 2.24) is 0 Å². The van der Waals surface area contributed by atoms with E-state index in [0.717, 1.165) is 0 Å². The first kappa shape index (κ1) is 13.9. The number of hydrogen-bond acceptors (Lipinski definition) is 4. The maximum absolute atomic E-state index is 11.1. The lowest BCUT2D eigenvalue weighted by atomic mass is 10.3. The van der Waals surface area contributed by atoms with Gasteiger partial charge in [0.05, 0.1) is 23.4 Å². The lowest BCUT2D eigenvalue weighted by Crippen LogP contribution is -2.05. The van der Waals surface area contributed by atoms with Crippen molar-refractivity contribution in [2.75, 3.05) is 14.2 Å². The molecule has 0 amide bonds. The van der Waals surface area contributed by atoms with E-state index in [2.05, 4.69) is 9.47 Å². The van der Waals surface area contributed by atoms with Crippen LogP contribution >= 0.6 is 45.2 Å². The zero-order chi connectivity index (χ0) is 11.1. The first-order valence-electron chi connectivity index (χ1n) is 3.41. The van der Waals surface area contributed by atoms with Gasteiger partial charge in [-0.2, -0.15) is 0 Å². The molecule has 0 spiro atoms. The number of hydrogen-bond donors (Lipinski definition) is 0. The fourth-order valence-corrected chi connectivity index (χ4v) is 1.54. The van der Waals surface area contributed by atoms with Crippen molar-refractivity contribution in [3.05, 3.63) is 19.3 Å². The molecule has 0 aromatic heterocycles. The molecule has 0 aliphatic heterocycles. The van der Waals surface area contributed by atoms with Gasteiger partial charge in [0.2, 0.25) is 0 Å². The monoisotopic (exact) mass is 422 g/mol. The normalized spacial score (nSPS) is 12.3. The van der Waals surface area contributed by atoms with E-state index in [9.17, 15) is 9.59 Å². The number of halogens is 2. The van der Waals surface area contributed by atoms with Gasteiger partial charge in [0.25, 0.3) is 0 Å². The average Bonchev–Trinajstić information content (AvgIpc) is 2.22. The summed E-state index contributed by atoms with van der Waals surface area (Å²) in [6.07, 6.45) is 1.41. The zero-order valence-electron chi connectivity index (χ0n) is 7.54. The average molecular weight is 422 g/mol. The summed E-state index contributed by atoms with van der Waals surface area (Å²) >= 11 is 3.68. The second-order valence-electron chi connectivity index (χ2n) is 2.04. The van der Waals surface area contributed by atoms with Gasteiger partial charge >= 0.3 is 11.9 Å². The number of esters is 2. The third kappa shape index (κ3) is 4.40. The number of carbonyl (C=O) groups is 2. The second kappa shape index (κ2) is 7.21. The van der Waals surface area contributed by atoms with Crippen LogP contribution in [0.5, 0.6) is 0 Å². The summed E-state index contributed by atoms with van der Waals surface area (Å²) < 4.78 is 10.8. The minimum atomic E-state index is -0.488. The van der Waals surface area contributed by atoms with Crippen molar-refractivity contribution in [2.24, 2.45) is 0 Å². The number of rotatable bonds is 3. The Morgan fingerprint density at radius 1 is 1.14 bits per heavy atom. The predicted octanol–water partition coefficient (Wildman–Crippen LogP) is 1.97. The SMILES string of the molecule is COC(=O)/C(I)=C/C(=C\I)C(=O)OC. The third-order valence-electron chi connectivity index (χ3n) is 1.20. The topological polar surface area (TPSA) is 52.6 Å². The highest BCUT2D eigenvalue weighted by atomic mass is 127. The van der Waals surface area contributed by atoms with E-state index < -0.39 is 11.9 Å². The Morgan fingerprint density at radius 3 is 2.00 bits per heavy atom. The van der Waals surface area contributed by atoms with Crippen molar-refractivity contribution in [2.45, 2.75) is 0 Å². The highest BCUT2D eigenvalue weighted by Gasteiger charge is 2.11. The van der Waals surface area contributed by atoms with E-state index in [1.54, 1.807) is 22.6 Å². The van der Waals surface area contributed by atoms with Crippen LogP contribution in [-0.4, -0.2) is 26.2 Å². The van der Waals surface area contributed by atoms with E-state index in [-0.39, 0.29) is 0 Å². The number of methoxy groups -OCH3 is 2. The van der Waals surface area contributed by atoms with Gasteiger partial charge in [-0.1, -0.05) is 22.6 Å². The Morgan fingerprint density at radius 2 is 1.64 bits per heavy atom. The minimum Gasteiger partial charge on any atom is -0.465 e. The Kier molecular flexibility index (Phi) is 7.15. The van der Waals surface area contributed by atoms with Gasteiger partial charge in [0.1, 0.15) is 0 Å². The molecule has 0 aliphatic rings. The number of carbonyl (C=O) groups excluding carboxylic acids is 2. The molecule has 0 heterocycles. The van der Waals surface area contributed by atoms with Gasteiger partial charge < -0.3 is 9.47 Å². The lowest BCUT2D eigenvalue weighted by molar-refractivity contribution is -0.135. The van der Waals surface area contributed by atoms with E-state index >= 15 is 0 Å². The van der Waals surface area contributed by atoms with Crippen molar-refractivity contribution in [1.29, 1.82) is 0 Å². The summed E-state index contributed by atoms with van der Waals surface area (Å²) in [6, 6.07) is 0. The lowest BCUT2D eigenvalue weighted by Gasteiger charge is -2.00. The maximum Gasteiger partial charge on any atom is 0.344 e. The molecule has 0 radical (unpaired) electrons. The van der Waals surface area contributed by atoms with Crippen LogP contribution in [0.1, 0.15) is 0 Å². The van der Waals surface area contributed by atoms with Crippen LogP contribution < -0.4 is 0 Å². The highest BCUT2D eigenvalue weighted by molar-refractivity contribution is 14.1.